The minimum atomic E-state index is -1.27. The lowest BCUT2D eigenvalue weighted by Gasteiger charge is -2.18. The molecule has 3 aromatic rings. The first-order valence-electron chi connectivity index (χ1n) is 10.2. The third-order valence-electron chi connectivity index (χ3n) is 5.51. The Morgan fingerprint density at radius 1 is 0.882 bits per heavy atom. The summed E-state index contributed by atoms with van der Waals surface area (Å²) in [6.45, 7) is 1.72. The fraction of sp³-hybridized carbons (Fsp3) is 0.120. The molecular formula is C25H20N2O7. The SMILES string of the molecule is COc1cc(NC(=O)c2ccc(C)c(N3C(=O)c4ccccc4C3=O)c2)c(C(=O)O)cc1OC. The molecule has 0 fully saturated rings. The van der Waals surface area contributed by atoms with Crippen molar-refractivity contribution in [3.8, 4) is 11.5 Å². The monoisotopic (exact) mass is 460 g/mol. The number of rotatable bonds is 6. The largest absolute Gasteiger partial charge is 0.493 e. The molecule has 0 aromatic heterocycles. The number of carboxylic acids is 1. The molecule has 2 N–H and O–H groups in total. The standard InChI is InChI=1S/C25H20N2O7/c1-13-8-9-14(10-19(13)27-23(29)15-6-4-5-7-16(15)24(27)30)22(28)26-18-12-21(34-3)20(33-2)11-17(18)25(31)32/h4-12H,1-3H3,(H,26,28)(H,31,32). The Bertz CT molecular complexity index is 1330. The Hall–Kier alpha value is -4.66. The van der Waals surface area contributed by atoms with Crippen LogP contribution in [0.15, 0.2) is 54.6 Å². The zero-order valence-electron chi connectivity index (χ0n) is 18.5. The molecule has 9 nitrogen and oxygen atoms in total. The highest BCUT2D eigenvalue weighted by Crippen LogP contribution is 2.34. The fourth-order valence-corrected chi connectivity index (χ4v) is 3.75. The zero-order chi connectivity index (χ0) is 24.6. The Morgan fingerprint density at radius 2 is 1.47 bits per heavy atom. The van der Waals surface area contributed by atoms with E-state index in [1.54, 1.807) is 37.3 Å². The van der Waals surface area contributed by atoms with Crippen molar-refractivity contribution in [2.45, 2.75) is 6.92 Å². The normalized spacial score (nSPS) is 12.4. The summed E-state index contributed by atoms with van der Waals surface area (Å²) in [5.74, 6) is -2.43. The number of carboxylic acid groups (broad SMARTS) is 1. The molecule has 0 saturated carbocycles. The van der Waals surface area contributed by atoms with E-state index >= 15 is 0 Å². The summed E-state index contributed by atoms with van der Waals surface area (Å²) in [4.78, 5) is 51.6. The number of imide groups is 1. The van der Waals surface area contributed by atoms with E-state index in [0.717, 1.165) is 4.90 Å². The molecule has 0 radical (unpaired) electrons. The van der Waals surface area contributed by atoms with E-state index in [9.17, 15) is 24.3 Å². The van der Waals surface area contributed by atoms with Crippen LogP contribution in [0.2, 0.25) is 0 Å². The summed E-state index contributed by atoms with van der Waals surface area (Å²) in [5, 5.41) is 12.1. The number of nitrogens with zero attached hydrogens (tertiary/aromatic N) is 1. The van der Waals surface area contributed by atoms with Crippen molar-refractivity contribution in [3.05, 3.63) is 82.4 Å². The topological polar surface area (TPSA) is 122 Å². The van der Waals surface area contributed by atoms with Gasteiger partial charge in [-0.15, -0.1) is 0 Å². The van der Waals surface area contributed by atoms with Crippen LogP contribution >= 0.6 is 0 Å². The molecule has 0 bridgehead atoms. The number of anilines is 2. The van der Waals surface area contributed by atoms with Crippen LogP contribution in [0.5, 0.6) is 11.5 Å². The van der Waals surface area contributed by atoms with Gasteiger partial charge in [-0.2, -0.15) is 0 Å². The van der Waals surface area contributed by atoms with E-state index < -0.39 is 23.7 Å². The third-order valence-corrected chi connectivity index (χ3v) is 5.51. The molecule has 1 aliphatic heterocycles. The van der Waals surface area contributed by atoms with Crippen LogP contribution in [0.3, 0.4) is 0 Å². The zero-order valence-corrected chi connectivity index (χ0v) is 18.5. The van der Waals surface area contributed by atoms with Gasteiger partial charge in [-0.05, 0) is 36.8 Å². The molecule has 1 heterocycles. The first kappa shape index (κ1) is 22.5. The lowest BCUT2D eigenvalue weighted by atomic mass is 10.1. The summed E-state index contributed by atoms with van der Waals surface area (Å²) in [7, 11) is 2.76. The molecular weight excluding hydrogens is 440 g/mol. The van der Waals surface area contributed by atoms with Gasteiger partial charge in [0.25, 0.3) is 17.7 Å². The van der Waals surface area contributed by atoms with E-state index in [0.29, 0.717) is 5.56 Å². The summed E-state index contributed by atoms with van der Waals surface area (Å²) in [6, 6.07) is 13.6. The Labute approximate surface area is 194 Å². The van der Waals surface area contributed by atoms with Gasteiger partial charge >= 0.3 is 5.97 Å². The number of hydrogen-bond donors (Lipinski definition) is 2. The molecule has 0 spiro atoms. The minimum Gasteiger partial charge on any atom is -0.493 e. The van der Waals surface area contributed by atoms with Crippen molar-refractivity contribution in [3.63, 3.8) is 0 Å². The first-order chi connectivity index (χ1) is 16.3. The second-order valence-electron chi connectivity index (χ2n) is 7.50. The minimum absolute atomic E-state index is 0.00185. The second-order valence-corrected chi connectivity index (χ2v) is 7.50. The Kier molecular flexibility index (Phi) is 5.77. The quantitative estimate of drug-likeness (QED) is 0.537. The van der Waals surface area contributed by atoms with Crippen LogP contribution in [0, 0.1) is 6.92 Å². The van der Waals surface area contributed by atoms with Gasteiger partial charge in [-0.3, -0.25) is 14.4 Å². The van der Waals surface area contributed by atoms with Crippen molar-refractivity contribution in [2.75, 3.05) is 24.4 Å². The predicted molar refractivity (Wildman–Crippen MR) is 123 cm³/mol. The highest BCUT2D eigenvalue weighted by molar-refractivity contribution is 6.34. The number of methoxy groups -OCH3 is 2. The van der Waals surface area contributed by atoms with Crippen LogP contribution in [0.25, 0.3) is 0 Å². The lowest BCUT2D eigenvalue weighted by Crippen LogP contribution is -2.30. The molecule has 0 saturated heterocycles. The van der Waals surface area contributed by atoms with E-state index in [2.05, 4.69) is 5.32 Å². The number of fused-ring (bicyclic) bond motifs is 1. The Morgan fingerprint density at radius 3 is 2.03 bits per heavy atom. The van der Waals surface area contributed by atoms with Gasteiger partial charge in [0.2, 0.25) is 0 Å². The molecule has 3 aromatic carbocycles. The number of carbonyl (C=O) groups is 4. The number of aryl methyl sites for hydroxylation is 1. The number of aromatic carboxylic acids is 1. The average Bonchev–Trinajstić information content (AvgIpc) is 3.08. The predicted octanol–water partition coefficient (Wildman–Crippen LogP) is 3.76. The average molecular weight is 460 g/mol. The molecule has 0 atom stereocenters. The number of benzene rings is 3. The van der Waals surface area contributed by atoms with Crippen molar-refractivity contribution in [1.82, 2.24) is 0 Å². The molecule has 4 rings (SSSR count). The summed E-state index contributed by atoms with van der Waals surface area (Å²) in [5.41, 5.74) is 1.39. The number of amides is 3. The molecule has 9 heteroatoms. The smallest absolute Gasteiger partial charge is 0.337 e. The first-order valence-corrected chi connectivity index (χ1v) is 10.2. The van der Waals surface area contributed by atoms with Crippen LogP contribution in [-0.4, -0.2) is 43.0 Å². The van der Waals surface area contributed by atoms with Gasteiger partial charge in [0.15, 0.2) is 11.5 Å². The van der Waals surface area contributed by atoms with Gasteiger partial charge in [0.05, 0.1) is 42.3 Å². The van der Waals surface area contributed by atoms with Crippen LogP contribution in [0.1, 0.15) is 47.0 Å². The number of carbonyl (C=O) groups excluding carboxylic acids is 3. The number of ether oxygens (including phenoxy) is 2. The number of nitrogens with one attached hydrogen (secondary N) is 1. The van der Waals surface area contributed by atoms with Gasteiger partial charge in [0.1, 0.15) is 0 Å². The summed E-state index contributed by atoms with van der Waals surface area (Å²) in [6.07, 6.45) is 0. The maximum absolute atomic E-state index is 13.0. The summed E-state index contributed by atoms with van der Waals surface area (Å²) < 4.78 is 10.3. The Balaban J connectivity index is 1.70. The van der Waals surface area contributed by atoms with Crippen LogP contribution in [-0.2, 0) is 0 Å². The highest BCUT2D eigenvalue weighted by Gasteiger charge is 2.37. The van der Waals surface area contributed by atoms with E-state index in [1.165, 1.54) is 38.5 Å². The summed E-state index contributed by atoms with van der Waals surface area (Å²) >= 11 is 0. The van der Waals surface area contributed by atoms with Gasteiger partial charge in [-0.1, -0.05) is 18.2 Å². The maximum Gasteiger partial charge on any atom is 0.337 e. The van der Waals surface area contributed by atoms with Gasteiger partial charge < -0.3 is 19.9 Å². The molecule has 3 amide bonds. The second kappa shape index (κ2) is 8.70. The molecule has 0 aliphatic carbocycles. The molecule has 1 aliphatic rings. The maximum atomic E-state index is 13.0. The van der Waals surface area contributed by atoms with E-state index in [4.69, 9.17) is 9.47 Å². The van der Waals surface area contributed by atoms with Crippen LogP contribution < -0.4 is 19.7 Å². The van der Waals surface area contributed by atoms with E-state index in [1.807, 2.05) is 0 Å². The van der Waals surface area contributed by atoms with Gasteiger partial charge in [-0.25, -0.2) is 9.69 Å². The molecule has 0 unspecified atom stereocenters. The highest BCUT2D eigenvalue weighted by atomic mass is 16.5. The van der Waals surface area contributed by atoms with E-state index in [-0.39, 0.29) is 45.1 Å². The van der Waals surface area contributed by atoms with Crippen molar-refractivity contribution < 1.29 is 33.8 Å². The third kappa shape index (κ3) is 3.73. The molecule has 172 valence electrons. The van der Waals surface area contributed by atoms with Crippen molar-refractivity contribution in [2.24, 2.45) is 0 Å². The number of hydrogen-bond acceptors (Lipinski definition) is 6. The lowest BCUT2D eigenvalue weighted by molar-refractivity contribution is 0.0697. The molecule has 34 heavy (non-hydrogen) atoms. The van der Waals surface area contributed by atoms with Crippen molar-refractivity contribution in [1.29, 1.82) is 0 Å². The van der Waals surface area contributed by atoms with Crippen LogP contribution in [0.4, 0.5) is 11.4 Å². The van der Waals surface area contributed by atoms with Gasteiger partial charge in [0, 0.05) is 17.7 Å². The van der Waals surface area contributed by atoms with Crippen molar-refractivity contribution >= 4 is 35.1 Å². The fourth-order valence-electron chi connectivity index (χ4n) is 3.75.